The van der Waals surface area contributed by atoms with Crippen LogP contribution in [0, 0.1) is 17.0 Å². The molecule has 12 heteroatoms. The summed E-state index contributed by atoms with van der Waals surface area (Å²) in [5.74, 6) is -3.43. The van der Waals surface area contributed by atoms with Gasteiger partial charge in [0.25, 0.3) is 5.56 Å². The number of carboxylic acids is 2. The van der Waals surface area contributed by atoms with Crippen molar-refractivity contribution in [3.63, 3.8) is 0 Å². The van der Waals surface area contributed by atoms with Crippen LogP contribution in [-0.4, -0.2) is 39.2 Å². The monoisotopic (exact) mass is 469 g/mol. The number of carboxylic acid groups (broad SMARTS) is 2. The smallest absolute Gasteiger partial charge is 0.342 e. The quantitative estimate of drug-likeness (QED) is 0.281. The number of nitro benzene ring substituents is 1. The molecule has 5 N–H and O–H groups in total. The molecule has 3 rings (SSSR count). The summed E-state index contributed by atoms with van der Waals surface area (Å²) in [5, 5.41) is 30.5. The molecule has 2 aromatic carbocycles. The summed E-state index contributed by atoms with van der Waals surface area (Å²) in [6.07, 6.45) is 0. The lowest BCUT2D eigenvalue weighted by molar-refractivity contribution is -0.386. The number of benzene rings is 2. The molecule has 1 heterocycles. The Morgan fingerprint density at radius 2 is 1.76 bits per heavy atom. The maximum absolute atomic E-state index is 12.3. The third kappa shape index (κ3) is 4.50. The number of methoxy groups -OCH3 is 1. The van der Waals surface area contributed by atoms with Crippen molar-refractivity contribution in [2.45, 2.75) is 13.5 Å². The fraction of sp³-hybridized carbons (Fsp3) is 0.136. The summed E-state index contributed by atoms with van der Waals surface area (Å²) in [7, 11) is 1.37. The lowest BCUT2D eigenvalue weighted by Crippen LogP contribution is -2.24. The number of rotatable bonds is 8. The molecule has 0 fully saturated rings. The van der Waals surface area contributed by atoms with Gasteiger partial charge in [-0.3, -0.25) is 14.9 Å². The van der Waals surface area contributed by atoms with Crippen LogP contribution in [-0.2, 0) is 6.61 Å². The fourth-order valence-electron chi connectivity index (χ4n) is 3.43. The van der Waals surface area contributed by atoms with E-state index in [1.807, 2.05) is 4.98 Å². The normalized spacial score (nSPS) is 10.5. The average Bonchev–Trinajstić information content (AvgIpc) is 2.76. The van der Waals surface area contributed by atoms with E-state index < -0.39 is 44.9 Å². The summed E-state index contributed by atoms with van der Waals surface area (Å²) < 4.78 is 10.9. The number of hydrogen-bond donors (Lipinski definition) is 4. The van der Waals surface area contributed by atoms with Crippen LogP contribution in [0.25, 0.3) is 11.1 Å². The van der Waals surface area contributed by atoms with Crippen molar-refractivity contribution in [1.82, 2.24) is 4.98 Å². The van der Waals surface area contributed by atoms with Crippen LogP contribution in [0.3, 0.4) is 0 Å². The van der Waals surface area contributed by atoms with Crippen molar-refractivity contribution in [3.8, 4) is 22.6 Å². The molecule has 1 aromatic heterocycles. The van der Waals surface area contributed by atoms with Gasteiger partial charge in [-0.25, -0.2) is 9.59 Å². The maximum Gasteiger partial charge on any atom is 0.342 e. The highest BCUT2D eigenvalue weighted by Gasteiger charge is 2.27. The average molecular weight is 469 g/mol. The van der Waals surface area contributed by atoms with E-state index in [-0.39, 0.29) is 29.4 Å². The molecule has 0 atom stereocenters. The Morgan fingerprint density at radius 3 is 2.35 bits per heavy atom. The Kier molecular flexibility index (Phi) is 6.52. The number of H-pyrrole nitrogens is 1. The molecule has 0 amide bonds. The van der Waals surface area contributed by atoms with E-state index in [0.717, 1.165) is 5.56 Å². The van der Waals surface area contributed by atoms with E-state index in [1.165, 1.54) is 37.4 Å². The lowest BCUT2D eigenvalue weighted by Gasteiger charge is -2.15. The summed E-state index contributed by atoms with van der Waals surface area (Å²) in [6.45, 7) is 1.49. The molecule has 3 aromatic rings. The van der Waals surface area contributed by atoms with Crippen molar-refractivity contribution in [2.24, 2.45) is 0 Å². The largest absolute Gasteiger partial charge is 0.496 e. The Hall–Kier alpha value is -4.87. The Bertz CT molecular complexity index is 1380. The minimum Gasteiger partial charge on any atom is -0.496 e. The van der Waals surface area contributed by atoms with Crippen LogP contribution in [0.4, 0.5) is 11.5 Å². The van der Waals surface area contributed by atoms with Gasteiger partial charge >= 0.3 is 17.6 Å². The molecule has 0 aliphatic rings. The van der Waals surface area contributed by atoms with Crippen molar-refractivity contribution < 1.29 is 34.2 Å². The van der Waals surface area contributed by atoms with Gasteiger partial charge in [0.05, 0.1) is 12.0 Å². The van der Waals surface area contributed by atoms with Crippen molar-refractivity contribution >= 4 is 23.4 Å². The predicted octanol–water partition coefficient (Wildman–Crippen LogP) is 2.82. The van der Waals surface area contributed by atoms with Crippen LogP contribution in [0.5, 0.6) is 11.5 Å². The summed E-state index contributed by atoms with van der Waals surface area (Å²) in [4.78, 5) is 48.7. The zero-order chi connectivity index (χ0) is 25.2. The fourth-order valence-corrected chi connectivity index (χ4v) is 3.43. The molecule has 176 valence electrons. The third-order valence-electron chi connectivity index (χ3n) is 4.94. The number of nitrogens with zero attached hydrogens (tertiary/aromatic N) is 1. The number of aromatic amines is 1. The second kappa shape index (κ2) is 9.32. The topological polar surface area (TPSA) is 195 Å². The zero-order valence-corrected chi connectivity index (χ0v) is 17.9. The van der Waals surface area contributed by atoms with Gasteiger partial charge in [-0.15, -0.1) is 0 Å². The SMILES string of the molecule is COc1ccc(-c2c(C(=O)O)c(N)[nH]c(=O)c2C(=O)O)cc1COc1cc(C)ccc1[N+](=O)[O-]. The van der Waals surface area contributed by atoms with Gasteiger partial charge in [-0.05, 0) is 36.2 Å². The summed E-state index contributed by atoms with van der Waals surface area (Å²) in [5.41, 5.74) is 3.62. The number of aromatic carboxylic acids is 2. The number of nitrogen functional groups attached to an aromatic ring is 1. The first kappa shape index (κ1) is 23.8. The van der Waals surface area contributed by atoms with Gasteiger partial charge in [0, 0.05) is 17.2 Å². The van der Waals surface area contributed by atoms with Crippen molar-refractivity contribution in [3.05, 3.63) is 79.1 Å². The molecular weight excluding hydrogens is 450 g/mol. The molecule has 0 aliphatic heterocycles. The van der Waals surface area contributed by atoms with Crippen LogP contribution in [0.1, 0.15) is 31.8 Å². The first-order chi connectivity index (χ1) is 16.0. The molecule has 0 aliphatic carbocycles. The molecule has 0 radical (unpaired) electrons. The van der Waals surface area contributed by atoms with Crippen LogP contribution in [0.15, 0.2) is 41.2 Å². The molecule has 0 spiro atoms. The van der Waals surface area contributed by atoms with Crippen LogP contribution >= 0.6 is 0 Å². The van der Waals surface area contributed by atoms with Gasteiger partial charge in [-0.2, -0.15) is 0 Å². The number of aromatic nitrogens is 1. The van der Waals surface area contributed by atoms with Crippen molar-refractivity contribution in [2.75, 3.05) is 12.8 Å². The number of nitro groups is 1. The molecule has 12 nitrogen and oxygen atoms in total. The number of anilines is 1. The highest BCUT2D eigenvalue weighted by molar-refractivity contribution is 6.07. The van der Waals surface area contributed by atoms with E-state index in [1.54, 1.807) is 13.0 Å². The number of aryl methyl sites for hydroxylation is 1. The second-order valence-corrected chi connectivity index (χ2v) is 7.15. The number of ether oxygens (including phenoxy) is 2. The summed E-state index contributed by atoms with van der Waals surface area (Å²) in [6, 6.07) is 8.50. The van der Waals surface area contributed by atoms with Gasteiger partial charge in [-0.1, -0.05) is 12.1 Å². The van der Waals surface area contributed by atoms with E-state index in [0.29, 0.717) is 5.56 Å². The van der Waals surface area contributed by atoms with Gasteiger partial charge in [0.15, 0.2) is 5.75 Å². The molecule has 34 heavy (non-hydrogen) atoms. The Morgan fingerprint density at radius 1 is 1.09 bits per heavy atom. The first-order valence-electron chi connectivity index (χ1n) is 9.62. The molecule has 0 unspecified atom stereocenters. The highest BCUT2D eigenvalue weighted by atomic mass is 16.6. The number of pyridine rings is 1. The number of nitrogens with two attached hydrogens (primary N) is 1. The van der Waals surface area contributed by atoms with E-state index in [9.17, 15) is 34.7 Å². The molecule has 0 saturated heterocycles. The van der Waals surface area contributed by atoms with E-state index in [2.05, 4.69) is 0 Å². The van der Waals surface area contributed by atoms with Gasteiger partial charge < -0.3 is 30.4 Å². The standard InChI is InChI=1S/C22H19N3O9/c1-10-3-5-13(25(31)32)15(7-10)34-9-12-8-11(4-6-14(12)33-2)16-17(21(27)28)19(23)24-20(26)18(16)22(29)30/h3-8H,9H2,1-2H3,(H,27,28)(H,29,30)(H3,23,24,26). The minimum atomic E-state index is -1.65. The van der Waals surface area contributed by atoms with Crippen LogP contribution < -0.4 is 20.8 Å². The highest BCUT2D eigenvalue weighted by Crippen LogP contribution is 2.34. The maximum atomic E-state index is 12.3. The van der Waals surface area contributed by atoms with Crippen molar-refractivity contribution in [1.29, 1.82) is 0 Å². The third-order valence-corrected chi connectivity index (χ3v) is 4.94. The zero-order valence-electron chi connectivity index (χ0n) is 17.9. The summed E-state index contributed by atoms with van der Waals surface area (Å²) >= 11 is 0. The first-order valence-corrected chi connectivity index (χ1v) is 9.62. The molecule has 0 bridgehead atoms. The van der Waals surface area contributed by atoms with Gasteiger partial charge in [0.1, 0.15) is 29.3 Å². The number of nitrogens with one attached hydrogen (secondary N) is 1. The number of carbonyl (C=O) groups is 2. The number of hydrogen-bond acceptors (Lipinski definition) is 8. The molecular formula is C22H19N3O9. The predicted molar refractivity (Wildman–Crippen MR) is 120 cm³/mol. The van der Waals surface area contributed by atoms with E-state index in [4.69, 9.17) is 15.2 Å². The molecule has 0 saturated carbocycles. The minimum absolute atomic E-state index is 0.00435. The Labute approximate surface area is 191 Å². The van der Waals surface area contributed by atoms with Gasteiger partial charge in [0.2, 0.25) is 0 Å². The second-order valence-electron chi connectivity index (χ2n) is 7.15. The Balaban J connectivity index is 2.17. The van der Waals surface area contributed by atoms with E-state index >= 15 is 0 Å². The van der Waals surface area contributed by atoms with Crippen LogP contribution in [0.2, 0.25) is 0 Å². The lowest BCUT2D eigenvalue weighted by atomic mass is 9.94.